The lowest BCUT2D eigenvalue weighted by Crippen LogP contribution is -2.36. The van der Waals surface area contributed by atoms with Crippen molar-refractivity contribution in [3.8, 4) is 0 Å². The van der Waals surface area contributed by atoms with Crippen LogP contribution < -0.4 is 4.90 Å². The number of hydrogen-bond acceptors (Lipinski definition) is 4. The van der Waals surface area contributed by atoms with Crippen LogP contribution in [0.4, 0.5) is 5.82 Å². The van der Waals surface area contributed by atoms with E-state index in [9.17, 15) is 4.79 Å². The molecule has 19 heavy (non-hydrogen) atoms. The van der Waals surface area contributed by atoms with Crippen molar-refractivity contribution in [2.75, 3.05) is 18.0 Å². The minimum atomic E-state index is 0.253. The second kappa shape index (κ2) is 5.87. The molecule has 0 spiro atoms. The van der Waals surface area contributed by atoms with E-state index >= 15 is 0 Å². The largest absolute Gasteiger partial charge is 0.356 e. The Hall–Kier alpha value is -1.16. The smallest absolute Gasteiger partial charge is 0.156 e. The Balaban J connectivity index is 2.22. The van der Waals surface area contributed by atoms with E-state index in [0.29, 0.717) is 23.1 Å². The molecule has 104 valence electrons. The van der Waals surface area contributed by atoms with Gasteiger partial charge < -0.3 is 4.90 Å². The van der Waals surface area contributed by atoms with Crippen molar-refractivity contribution in [1.29, 1.82) is 0 Å². The number of carbonyl (C=O) groups is 1. The zero-order valence-corrected chi connectivity index (χ0v) is 12.4. The molecule has 0 bridgehead atoms. The Kier molecular flexibility index (Phi) is 4.40. The number of piperidine rings is 1. The topological polar surface area (TPSA) is 46.1 Å². The summed E-state index contributed by atoms with van der Waals surface area (Å²) in [5, 5.41) is 0.253. The molecule has 1 aliphatic rings. The van der Waals surface area contributed by atoms with Crippen molar-refractivity contribution >= 4 is 23.7 Å². The van der Waals surface area contributed by atoms with E-state index < -0.39 is 0 Å². The number of aryl methyl sites for hydroxylation is 1. The molecule has 2 heterocycles. The summed E-state index contributed by atoms with van der Waals surface area (Å²) in [6.07, 6.45) is 3.03. The number of rotatable bonds is 3. The quantitative estimate of drug-likeness (QED) is 0.631. The van der Waals surface area contributed by atoms with Crippen LogP contribution >= 0.6 is 11.6 Å². The lowest BCUT2D eigenvalue weighted by atomic mass is 9.86. The van der Waals surface area contributed by atoms with Crippen LogP contribution in [0.25, 0.3) is 0 Å². The van der Waals surface area contributed by atoms with Crippen molar-refractivity contribution in [3.63, 3.8) is 0 Å². The van der Waals surface area contributed by atoms with E-state index in [1.165, 1.54) is 0 Å². The molecule has 1 fully saturated rings. The SMILES string of the molecule is Cc1nc(Cl)c(C=O)c(N2CCC(C(C)C)CC2)n1. The summed E-state index contributed by atoms with van der Waals surface area (Å²) in [6, 6.07) is 0. The van der Waals surface area contributed by atoms with Gasteiger partial charge in [-0.15, -0.1) is 0 Å². The van der Waals surface area contributed by atoms with Gasteiger partial charge in [0.15, 0.2) is 6.29 Å². The first kappa shape index (κ1) is 14.3. The molecule has 0 atom stereocenters. The summed E-state index contributed by atoms with van der Waals surface area (Å²) in [5.74, 6) is 2.77. The van der Waals surface area contributed by atoms with Crippen molar-refractivity contribution in [2.24, 2.45) is 11.8 Å². The second-order valence-electron chi connectivity index (χ2n) is 5.49. The molecule has 0 aromatic carbocycles. The number of carbonyl (C=O) groups excluding carboxylic acids is 1. The fraction of sp³-hybridized carbons (Fsp3) is 0.643. The number of aromatic nitrogens is 2. The first-order chi connectivity index (χ1) is 9.02. The molecule has 0 N–H and O–H groups in total. The van der Waals surface area contributed by atoms with Crippen LogP contribution in [0.15, 0.2) is 0 Å². The zero-order valence-electron chi connectivity index (χ0n) is 11.7. The maximum atomic E-state index is 11.2. The summed E-state index contributed by atoms with van der Waals surface area (Å²) in [4.78, 5) is 21.8. The average Bonchev–Trinajstić information content (AvgIpc) is 2.38. The van der Waals surface area contributed by atoms with Crippen LogP contribution in [0.5, 0.6) is 0 Å². The van der Waals surface area contributed by atoms with Gasteiger partial charge in [-0.05, 0) is 31.6 Å². The van der Waals surface area contributed by atoms with E-state index in [4.69, 9.17) is 11.6 Å². The van der Waals surface area contributed by atoms with Gasteiger partial charge in [-0.25, -0.2) is 9.97 Å². The van der Waals surface area contributed by atoms with E-state index in [2.05, 4.69) is 28.7 Å². The molecule has 5 heteroatoms. The molecule has 0 saturated carbocycles. The number of aldehydes is 1. The standard InChI is InChI=1S/C14H20ClN3O/c1-9(2)11-4-6-18(7-5-11)14-12(8-19)13(15)16-10(3)17-14/h8-9,11H,4-7H2,1-3H3. The van der Waals surface area contributed by atoms with Crippen molar-refractivity contribution < 1.29 is 4.79 Å². The molecule has 4 nitrogen and oxygen atoms in total. The van der Waals surface area contributed by atoms with E-state index in [1.54, 1.807) is 6.92 Å². The maximum Gasteiger partial charge on any atom is 0.156 e. The molecule has 1 saturated heterocycles. The highest BCUT2D eigenvalue weighted by molar-refractivity contribution is 6.32. The van der Waals surface area contributed by atoms with Crippen LogP contribution in [0, 0.1) is 18.8 Å². The van der Waals surface area contributed by atoms with E-state index in [1.807, 2.05) is 0 Å². The maximum absolute atomic E-state index is 11.2. The predicted octanol–water partition coefficient (Wildman–Crippen LogP) is 3.12. The molecule has 1 aromatic heterocycles. The molecule has 0 radical (unpaired) electrons. The van der Waals surface area contributed by atoms with Crippen LogP contribution in [-0.2, 0) is 0 Å². The highest BCUT2D eigenvalue weighted by Crippen LogP contribution is 2.29. The summed E-state index contributed by atoms with van der Waals surface area (Å²) >= 11 is 6.02. The van der Waals surface area contributed by atoms with E-state index in [0.717, 1.165) is 38.1 Å². The zero-order chi connectivity index (χ0) is 14.0. The fourth-order valence-corrected chi connectivity index (χ4v) is 2.90. The minimum Gasteiger partial charge on any atom is -0.356 e. The number of halogens is 1. The molecular weight excluding hydrogens is 262 g/mol. The highest BCUT2D eigenvalue weighted by Gasteiger charge is 2.25. The lowest BCUT2D eigenvalue weighted by molar-refractivity contribution is 0.112. The minimum absolute atomic E-state index is 0.253. The summed E-state index contributed by atoms with van der Waals surface area (Å²) < 4.78 is 0. The Labute approximate surface area is 119 Å². The fourth-order valence-electron chi connectivity index (χ4n) is 2.65. The lowest BCUT2D eigenvalue weighted by Gasteiger charge is -2.35. The Bertz CT molecular complexity index is 468. The molecule has 0 amide bonds. The third-order valence-corrected chi connectivity index (χ3v) is 4.18. The third-order valence-electron chi connectivity index (χ3n) is 3.89. The van der Waals surface area contributed by atoms with Crippen LogP contribution in [0.1, 0.15) is 42.9 Å². The van der Waals surface area contributed by atoms with Gasteiger partial charge in [0, 0.05) is 13.1 Å². The average molecular weight is 282 g/mol. The van der Waals surface area contributed by atoms with Crippen LogP contribution in [0.3, 0.4) is 0 Å². The summed E-state index contributed by atoms with van der Waals surface area (Å²) in [5.41, 5.74) is 0.412. The van der Waals surface area contributed by atoms with Gasteiger partial charge in [0.05, 0.1) is 5.56 Å². The Morgan fingerprint density at radius 2 is 1.95 bits per heavy atom. The molecule has 0 unspecified atom stereocenters. The Morgan fingerprint density at radius 3 is 2.47 bits per heavy atom. The summed E-state index contributed by atoms with van der Waals surface area (Å²) in [7, 11) is 0. The number of hydrogen-bond donors (Lipinski definition) is 0. The van der Waals surface area contributed by atoms with Gasteiger partial charge in [0.25, 0.3) is 0 Å². The van der Waals surface area contributed by atoms with Gasteiger partial charge in [-0.1, -0.05) is 25.4 Å². The van der Waals surface area contributed by atoms with Crippen molar-refractivity contribution in [3.05, 3.63) is 16.5 Å². The molecule has 1 aliphatic heterocycles. The molecule has 1 aromatic rings. The van der Waals surface area contributed by atoms with Crippen molar-refractivity contribution in [1.82, 2.24) is 9.97 Å². The van der Waals surface area contributed by atoms with Gasteiger partial charge in [0.2, 0.25) is 0 Å². The molecular formula is C14H20ClN3O. The monoisotopic (exact) mass is 281 g/mol. The van der Waals surface area contributed by atoms with Crippen molar-refractivity contribution in [2.45, 2.75) is 33.6 Å². The van der Waals surface area contributed by atoms with Gasteiger partial charge >= 0.3 is 0 Å². The first-order valence-electron chi connectivity index (χ1n) is 6.77. The third kappa shape index (κ3) is 3.06. The van der Waals surface area contributed by atoms with Gasteiger partial charge in [0.1, 0.15) is 16.8 Å². The van der Waals surface area contributed by atoms with Crippen LogP contribution in [-0.4, -0.2) is 29.3 Å². The highest BCUT2D eigenvalue weighted by atomic mass is 35.5. The second-order valence-corrected chi connectivity index (χ2v) is 5.84. The number of nitrogens with zero attached hydrogens (tertiary/aromatic N) is 3. The van der Waals surface area contributed by atoms with Crippen LogP contribution in [0.2, 0.25) is 5.15 Å². The van der Waals surface area contributed by atoms with Gasteiger partial charge in [-0.3, -0.25) is 4.79 Å². The Morgan fingerprint density at radius 1 is 1.32 bits per heavy atom. The first-order valence-corrected chi connectivity index (χ1v) is 7.15. The number of anilines is 1. The van der Waals surface area contributed by atoms with Gasteiger partial charge in [-0.2, -0.15) is 0 Å². The molecule has 2 rings (SSSR count). The molecule has 0 aliphatic carbocycles. The normalized spacial score (nSPS) is 17.0. The predicted molar refractivity (Wildman–Crippen MR) is 76.9 cm³/mol. The summed E-state index contributed by atoms with van der Waals surface area (Å²) in [6.45, 7) is 8.18. The van der Waals surface area contributed by atoms with E-state index in [-0.39, 0.29) is 5.15 Å².